The molecular formula is C19H30N4O3. The second-order valence-corrected chi connectivity index (χ2v) is 7.38. The number of nitrogens with zero attached hydrogens (tertiary/aromatic N) is 1. The molecule has 1 aliphatic carbocycles. The van der Waals surface area contributed by atoms with Crippen molar-refractivity contribution in [1.82, 2.24) is 20.8 Å². The predicted molar refractivity (Wildman–Crippen MR) is 99.7 cm³/mol. The topological polar surface area (TPSA) is 88.3 Å². The van der Waals surface area contributed by atoms with Gasteiger partial charge < -0.3 is 20.1 Å². The van der Waals surface area contributed by atoms with Crippen LogP contribution in [0, 0.1) is 5.41 Å². The van der Waals surface area contributed by atoms with Crippen molar-refractivity contribution in [2.45, 2.75) is 45.1 Å². The number of H-pyrrole nitrogens is 1. The van der Waals surface area contributed by atoms with Gasteiger partial charge in [0.1, 0.15) is 0 Å². The third-order valence-corrected chi connectivity index (χ3v) is 5.60. The Morgan fingerprint density at radius 2 is 2.35 bits per heavy atom. The third kappa shape index (κ3) is 4.45. The first-order valence-electron chi connectivity index (χ1n) is 9.49. The summed E-state index contributed by atoms with van der Waals surface area (Å²) in [7, 11) is 1.37. The van der Waals surface area contributed by atoms with E-state index >= 15 is 0 Å². The summed E-state index contributed by atoms with van der Waals surface area (Å²) in [4.78, 5) is 11.1. The number of hydrogen-bond donors (Lipinski definition) is 3. The molecule has 7 nitrogen and oxygen atoms in total. The highest BCUT2D eigenvalue weighted by atomic mass is 16.5. The Hall–Kier alpha value is -1.86. The number of methoxy groups -OCH3 is 1. The normalized spacial score (nSPS) is 24.2. The van der Waals surface area contributed by atoms with Gasteiger partial charge in [-0.1, -0.05) is 6.08 Å². The molecule has 1 fully saturated rings. The predicted octanol–water partition coefficient (Wildman–Crippen LogP) is 2.78. The van der Waals surface area contributed by atoms with Crippen LogP contribution in [-0.4, -0.2) is 49.7 Å². The van der Waals surface area contributed by atoms with Crippen molar-refractivity contribution in [2.24, 2.45) is 5.41 Å². The SMILES string of the molecule is COC(=O)NCCNC(C)c1cn[nH]c1C1=CCC2(CCCOC2)CC1. The first-order chi connectivity index (χ1) is 12.6. The van der Waals surface area contributed by atoms with Crippen LogP contribution in [0.2, 0.25) is 0 Å². The standard InChI is InChI=1S/C19H30N4O3/c1-14(20-9-10-21-18(24)25-2)16-12-22-23-17(16)15-4-7-19(8-5-15)6-3-11-26-13-19/h4,12,14,20H,3,5-11,13H2,1-2H3,(H,21,24)(H,22,23). The number of rotatable bonds is 6. The maximum Gasteiger partial charge on any atom is 0.406 e. The Labute approximate surface area is 154 Å². The summed E-state index contributed by atoms with van der Waals surface area (Å²) in [6.45, 7) is 5.12. The largest absolute Gasteiger partial charge is 0.453 e. The van der Waals surface area contributed by atoms with Gasteiger partial charge in [-0.15, -0.1) is 0 Å². The maximum absolute atomic E-state index is 11.1. The Bertz CT molecular complexity index is 634. The van der Waals surface area contributed by atoms with Gasteiger partial charge in [-0.2, -0.15) is 5.10 Å². The number of carbonyl (C=O) groups excluding carboxylic acids is 1. The van der Waals surface area contributed by atoms with E-state index in [0.29, 0.717) is 18.5 Å². The van der Waals surface area contributed by atoms with E-state index in [0.717, 1.165) is 31.7 Å². The summed E-state index contributed by atoms with van der Waals surface area (Å²) in [5.74, 6) is 0. The average Bonchev–Trinajstić information content (AvgIpc) is 3.16. The highest BCUT2D eigenvalue weighted by Crippen LogP contribution is 2.44. The first kappa shape index (κ1) is 18.9. The molecule has 3 N–H and O–H groups in total. The third-order valence-electron chi connectivity index (χ3n) is 5.60. The number of amides is 1. The van der Waals surface area contributed by atoms with E-state index < -0.39 is 6.09 Å². The fourth-order valence-corrected chi connectivity index (χ4v) is 3.96. The molecule has 0 radical (unpaired) electrons. The number of carbonyl (C=O) groups is 1. The summed E-state index contributed by atoms with van der Waals surface area (Å²) < 4.78 is 10.3. The minimum absolute atomic E-state index is 0.151. The molecular weight excluding hydrogens is 332 g/mol. The van der Waals surface area contributed by atoms with Crippen LogP contribution < -0.4 is 10.6 Å². The molecule has 3 rings (SSSR count). The minimum Gasteiger partial charge on any atom is -0.453 e. The van der Waals surface area contributed by atoms with Gasteiger partial charge in [0.15, 0.2) is 0 Å². The lowest BCUT2D eigenvalue weighted by Crippen LogP contribution is -2.33. The zero-order chi connectivity index (χ0) is 18.4. The van der Waals surface area contributed by atoms with Crippen LogP contribution in [0.5, 0.6) is 0 Å². The highest BCUT2D eigenvalue weighted by Gasteiger charge is 2.35. The molecule has 7 heteroatoms. The zero-order valence-electron chi connectivity index (χ0n) is 15.8. The number of alkyl carbamates (subject to hydrolysis) is 1. The fraction of sp³-hybridized carbons (Fsp3) is 0.684. The van der Waals surface area contributed by atoms with E-state index in [1.54, 1.807) is 0 Å². The summed E-state index contributed by atoms with van der Waals surface area (Å²) in [6.07, 6.45) is 9.66. The quantitative estimate of drug-likeness (QED) is 0.677. The fourth-order valence-electron chi connectivity index (χ4n) is 3.96. The van der Waals surface area contributed by atoms with Gasteiger partial charge >= 0.3 is 6.09 Å². The molecule has 0 bridgehead atoms. The lowest BCUT2D eigenvalue weighted by molar-refractivity contribution is -0.0119. The van der Waals surface area contributed by atoms with Gasteiger partial charge in [0.25, 0.3) is 0 Å². The molecule has 1 spiro atoms. The van der Waals surface area contributed by atoms with E-state index in [4.69, 9.17) is 4.74 Å². The van der Waals surface area contributed by atoms with Crippen LogP contribution in [0.4, 0.5) is 4.79 Å². The minimum atomic E-state index is -0.406. The molecule has 0 aromatic carbocycles. The molecule has 1 saturated heterocycles. The van der Waals surface area contributed by atoms with Crippen LogP contribution in [0.15, 0.2) is 12.3 Å². The molecule has 26 heavy (non-hydrogen) atoms. The molecule has 2 unspecified atom stereocenters. The molecule has 1 aliphatic heterocycles. The maximum atomic E-state index is 11.1. The van der Waals surface area contributed by atoms with Gasteiger partial charge in [0.2, 0.25) is 0 Å². The summed E-state index contributed by atoms with van der Waals surface area (Å²) >= 11 is 0. The smallest absolute Gasteiger partial charge is 0.406 e. The van der Waals surface area contributed by atoms with Crippen molar-refractivity contribution in [3.8, 4) is 0 Å². The zero-order valence-corrected chi connectivity index (χ0v) is 15.8. The number of nitrogens with one attached hydrogen (secondary N) is 3. The number of allylic oxidation sites excluding steroid dienone is 2. The van der Waals surface area contributed by atoms with Crippen molar-refractivity contribution in [2.75, 3.05) is 33.4 Å². The Balaban J connectivity index is 1.57. The molecule has 0 saturated carbocycles. The van der Waals surface area contributed by atoms with E-state index in [-0.39, 0.29) is 6.04 Å². The van der Waals surface area contributed by atoms with Crippen LogP contribution >= 0.6 is 0 Å². The number of hydrogen-bond acceptors (Lipinski definition) is 5. The van der Waals surface area contributed by atoms with Crippen LogP contribution in [-0.2, 0) is 9.47 Å². The Morgan fingerprint density at radius 3 is 3.04 bits per heavy atom. The number of ether oxygens (including phenoxy) is 2. The van der Waals surface area contributed by atoms with Gasteiger partial charge in [-0.3, -0.25) is 5.10 Å². The average molecular weight is 362 g/mol. The molecule has 2 heterocycles. The monoisotopic (exact) mass is 362 g/mol. The van der Waals surface area contributed by atoms with Gasteiger partial charge in [-0.05, 0) is 50.0 Å². The second-order valence-electron chi connectivity index (χ2n) is 7.38. The van der Waals surface area contributed by atoms with Crippen LogP contribution in [0.1, 0.15) is 56.3 Å². The molecule has 2 aliphatic rings. The van der Waals surface area contributed by atoms with Crippen molar-refractivity contribution in [1.29, 1.82) is 0 Å². The van der Waals surface area contributed by atoms with Crippen molar-refractivity contribution < 1.29 is 14.3 Å². The lowest BCUT2D eigenvalue weighted by Gasteiger charge is -2.39. The Kier molecular flexibility index (Phi) is 6.32. The molecule has 1 aromatic heterocycles. The van der Waals surface area contributed by atoms with Crippen LogP contribution in [0.3, 0.4) is 0 Å². The molecule has 2 atom stereocenters. The van der Waals surface area contributed by atoms with Crippen molar-refractivity contribution in [3.05, 3.63) is 23.5 Å². The van der Waals surface area contributed by atoms with E-state index in [2.05, 4.69) is 38.6 Å². The summed E-state index contributed by atoms with van der Waals surface area (Å²) in [5.41, 5.74) is 4.02. The van der Waals surface area contributed by atoms with Gasteiger partial charge in [-0.25, -0.2) is 4.79 Å². The molecule has 1 amide bonds. The Morgan fingerprint density at radius 1 is 1.46 bits per heavy atom. The molecule has 1 aromatic rings. The lowest BCUT2D eigenvalue weighted by atomic mass is 9.71. The van der Waals surface area contributed by atoms with Crippen molar-refractivity contribution in [3.63, 3.8) is 0 Å². The van der Waals surface area contributed by atoms with E-state index in [1.807, 2.05) is 6.20 Å². The van der Waals surface area contributed by atoms with Crippen molar-refractivity contribution >= 4 is 11.7 Å². The van der Waals surface area contributed by atoms with Gasteiger partial charge in [0, 0.05) is 31.3 Å². The van der Waals surface area contributed by atoms with E-state index in [1.165, 1.54) is 37.5 Å². The summed E-state index contributed by atoms with van der Waals surface area (Å²) in [5, 5.41) is 13.6. The highest BCUT2D eigenvalue weighted by molar-refractivity contribution is 5.67. The van der Waals surface area contributed by atoms with Crippen LogP contribution in [0.25, 0.3) is 5.57 Å². The second kappa shape index (κ2) is 8.68. The van der Waals surface area contributed by atoms with E-state index in [9.17, 15) is 4.79 Å². The number of aromatic amines is 1. The number of aromatic nitrogens is 2. The first-order valence-corrected chi connectivity index (χ1v) is 9.49. The van der Waals surface area contributed by atoms with Gasteiger partial charge in [0.05, 0.1) is 25.6 Å². The molecule has 144 valence electrons. The summed E-state index contributed by atoms with van der Waals surface area (Å²) in [6, 6.07) is 0.151.